The van der Waals surface area contributed by atoms with E-state index in [-0.39, 0.29) is 31.6 Å². The summed E-state index contributed by atoms with van der Waals surface area (Å²) in [5.41, 5.74) is 1.59. The molecule has 0 bridgehead atoms. The summed E-state index contributed by atoms with van der Waals surface area (Å²) >= 11 is 0. The summed E-state index contributed by atoms with van der Waals surface area (Å²) in [6.07, 6.45) is 1.56. The normalized spacial score (nSPS) is 13.8. The van der Waals surface area contributed by atoms with E-state index in [0.717, 1.165) is 5.56 Å². The van der Waals surface area contributed by atoms with Crippen LogP contribution < -0.4 is 24.5 Å². The van der Waals surface area contributed by atoms with E-state index < -0.39 is 0 Å². The highest BCUT2D eigenvalue weighted by molar-refractivity contribution is 6.02. The van der Waals surface area contributed by atoms with Gasteiger partial charge in [-0.3, -0.25) is 14.4 Å². The van der Waals surface area contributed by atoms with Gasteiger partial charge in [0.15, 0.2) is 23.0 Å². The Hall–Kier alpha value is -4.46. The molecule has 1 aromatic heterocycles. The number of hydrogen-bond donors (Lipinski definition) is 1. The summed E-state index contributed by atoms with van der Waals surface area (Å²) in [5, 5.41) is 12.2. The number of benzene rings is 3. The zero-order chi connectivity index (χ0) is 22.4. The summed E-state index contributed by atoms with van der Waals surface area (Å²) < 4.78 is 22.9. The third-order valence-corrected chi connectivity index (χ3v) is 5.67. The second kappa shape index (κ2) is 7.59. The minimum Gasteiger partial charge on any atom is -0.494 e. The molecule has 0 atom stereocenters. The van der Waals surface area contributed by atoms with Crippen molar-refractivity contribution in [3.63, 3.8) is 0 Å². The van der Waals surface area contributed by atoms with Gasteiger partial charge < -0.3 is 24.1 Å². The largest absolute Gasteiger partial charge is 0.494 e. The number of aromatic hydroxyl groups is 1. The molecule has 2 aliphatic heterocycles. The van der Waals surface area contributed by atoms with Crippen LogP contribution >= 0.6 is 0 Å². The Kier molecular flexibility index (Phi) is 4.43. The van der Waals surface area contributed by atoms with Gasteiger partial charge in [0.25, 0.3) is 5.56 Å². The third kappa shape index (κ3) is 3.32. The second-order valence-electron chi connectivity index (χ2n) is 7.66. The fraction of sp³-hybridized carbons (Fsp3) is 0.120. The number of fused-ring (bicyclic) bond motifs is 3. The maximum absolute atomic E-state index is 13.2. The lowest BCUT2D eigenvalue weighted by molar-refractivity contribution is 0.173. The molecule has 0 unspecified atom stereocenters. The highest BCUT2D eigenvalue weighted by Crippen LogP contribution is 2.36. The number of rotatable bonds is 4. The van der Waals surface area contributed by atoms with Crippen molar-refractivity contribution >= 4 is 22.7 Å². The van der Waals surface area contributed by atoms with Crippen molar-refractivity contribution in [2.24, 2.45) is 4.99 Å². The summed E-state index contributed by atoms with van der Waals surface area (Å²) in [6, 6.07) is 17.9. The van der Waals surface area contributed by atoms with Crippen LogP contribution in [0.5, 0.6) is 28.9 Å². The SMILES string of the molecule is O=c1c2ccccc2c(C=Nc2ccc3c(c2)OCO3)c(O)n1Cc1ccc2c(c1)OCO2. The Morgan fingerprint density at radius 3 is 2.30 bits per heavy atom. The molecule has 0 fully saturated rings. The molecule has 0 amide bonds. The molecule has 3 aromatic carbocycles. The summed E-state index contributed by atoms with van der Waals surface area (Å²) in [6.45, 7) is 0.510. The highest BCUT2D eigenvalue weighted by atomic mass is 16.7. The van der Waals surface area contributed by atoms with Gasteiger partial charge in [0.2, 0.25) is 19.5 Å². The van der Waals surface area contributed by atoms with Crippen molar-refractivity contribution in [3.8, 4) is 28.9 Å². The van der Waals surface area contributed by atoms with Gasteiger partial charge in [-0.2, -0.15) is 0 Å². The van der Waals surface area contributed by atoms with Crippen LogP contribution in [0.1, 0.15) is 11.1 Å². The van der Waals surface area contributed by atoms with E-state index in [4.69, 9.17) is 18.9 Å². The van der Waals surface area contributed by atoms with Crippen LogP contribution in [0.4, 0.5) is 5.69 Å². The maximum atomic E-state index is 13.2. The Balaban J connectivity index is 1.44. The average Bonchev–Trinajstić information content (AvgIpc) is 3.50. The Bertz CT molecular complexity index is 1490. The topological polar surface area (TPSA) is 91.5 Å². The van der Waals surface area contributed by atoms with Crippen LogP contribution in [-0.4, -0.2) is 29.5 Å². The fourth-order valence-electron chi connectivity index (χ4n) is 4.01. The van der Waals surface area contributed by atoms with Gasteiger partial charge in [0.1, 0.15) is 0 Å². The van der Waals surface area contributed by atoms with Crippen molar-refractivity contribution < 1.29 is 24.1 Å². The molecule has 3 heterocycles. The molecule has 0 aliphatic carbocycles. The van der Waals surface area contributed by atoms with Gasteiger partial charge in [-0.25, -0.2) is 0 Å². The van der Waals surface area contributed by atoms with Crippen LogP contribution in [0, 0.1) is 0 Å². The molecule has 4 aromatic rings. The van der Waals surface area contributed by atoms with E-state index in [1.807, 2.05) is 18.2 Å². The van der Waals surface area contributed by atoms with Crippen LogP contribution in [0.15, 0.2) is 70.5 Å². The quantitative estimate of drug-likeness (QED) is 0.481. The standard InChI is InChI=1S/C25H18N2O6/c28-24-18-4-2-1-3-17(18)19(11-26-16-6-8-21-23(10-16)33-14-31-21)25(29)27(24)12-15-5-7-20-22(9-15)32-13-30-20/h1-11,29H,12-14H2. The van der Waals surface area contributed by atoms with E-state index in [9.17, 15) is 9.90 Å². The maximum Gasteiger partial charge on any atom is 0.261 e. The van der Waals surface area contributed by atoms with Gasteiger partial charge in [0.05, 0.1) is 17.8 Å². The van der Waals surface area contributed by atoms with Crippen LogP contribution in [-0.2, 0) is 6.54 Å². The molecular formula is C25H18N2O6. The number of pyridine rings is 1. The molecule has 6 rings (SSSR count). The molecule has 0 spiro atoms. The average molecular weight is 442 g/mol. The van der Waals surface area contributed by atoms with Crippen molar-refractivity contribution in [1.82, 2.24) is 4.57 Å². The Labute approximate surface area is 187 Å². The monoisotopic (exact) mass is 442 g/mol. The third-order valence-electron chi connectivity index (χ3n) is 5.67. The lowest BCUT2D eigenvalue weighted by atomic mass is 10.1. The fourth-order valence-corrected chi connectivity index (χ4v) is 4.01. The first-order chi connectivity index (χ1) is 16.2. The first-order valence-electron chi connectivity index (χ1n) is 10.3. The van der Waals surface area contributed by atoms with Crippen molar-refractivity contribution in [1.29, 1.82) is 0 Å². The van der Waals surface area contributed by atoms with Gasteiger partial charge in [-0.05, 0) is 35.9 Å². The molecule has 0 saturated carbocycles. The van der Waals surface area contributed by atoms with E-state index in [2.05, 4.69) is 4.99 Å². The second-order valence-corrected chi connectivity index (χ2v) is 7.66. The van der Waals surface area contributed by atoms with Crippen molar-refractivity contribution in [3.05, 3.63) is 82.1 Å². The molecule has 1 N–H and O–H groups in total. The van der Waals surface area contributed by atoms with Crippen molar-refractivity contribution in [2.75, 3.05) is 13.6 Å². The molecule has 164 valence electrons. The molecular weight excluding hydrogens is 424 g/mol. The minimum atomic E-state index is -0.291. The summed E-state index contributed by atoms with van der Waals surface area (Å²) in [4.78, 5) is 17.7. The highest BCUT2D eigenvalue weighted by Gasteiger charge is 2.18. The van der Waals surface area contributed by atoms with E-state index in [1.165, 1.54) is 4.57 Å². The van der Waals surface area contributed by atoms with Gasteiger partial charge in [-0.15, -0.1) is 0 Å². The number of nitrogens with zero attached hydrogens (tertiary/aromatic N) is 2. The molecule has 8 heteroatoms. The molecule has 33 heavy (non-hydrogen) atoms. The van der Waals surface area contributed by atoms with Crippen LogP contribution in [0.2, 0.25) is 0 Å². The zero-order valence-electron chi connectivity index (χ0n) is 17.4. The smallest absolute Gasteiger partial charge is 0.261 e. The van der Waals surface area contributed by atoms with Gasteiger partial charge in [-0.1, -0.05) is 24.3 Å². The number of aliphatic imine (C=N–C) groups is 1. The molecule has 0 radical (unpaired) electrons. The van der Waals surface area contributed by atoms with E-state index >= 15 is 0 Å². The molecule has 0 saturated heterocycles. The van der Waals surface area contributed by atoms with E-state index in [0.29, 0.717) is 45.0 Å². The first kappa shape index (κ1) is 19.2. The number of aromatic nitrogens is 1. The molecule has 2 aliphatic rings. The van der Waals surface area contributed by atoms with Crippen LogP contribution in [0.25, 0.3) is 10.8 Å². The predicted molar refractivity (Wildman–Crippen MR) is 121 cm³/mol. The Morgan fingerprint density at radius 2 is 1.52 bits per heavy atom. The number of hydrogen-bond acceptors (Lipinski definition) is 7. The van der Waals surface area contributed by atoms with Gasteiger partial charge in [0, 0.05) is 23.1 Å². The Morgan fingerprint density at radius 1 is 0.848 bits per heavy atom. The van der Waals surface area contributed by atoms with Crippen molar-refractivity contribution in [2.45, 2.75) is 6.54 Å². The summed E-state index contributed by atoms with van der Waals surface area (Å²) in [7, 11) is 0. The predicted octanol–water partition coefficient (Wildman–Crippen LogP) is 3.96. The van der Waals surface area contributed by atoms with Crippen LogP contribution in [0.3, 0.4) is 0 Å². The number of ether oxygens (including phenoxy) is 4. The zero-order valence-corrected chi connectivity index (χ0v) is 17.4. The molecule has 8 nitrogen and oxygen atoms in total. The lowest BCUT2D eigenvalue weighted by Gasteiger charge is -2.14. The van der Waals surface area contributed by atoms with E-state index in [1.54, 1.807) is 48.7 Å². The lowest BCUT2D eigenvalue weighted by Crippen LogP contribution is -2.22. The first-order valence-corrected chi connectivity index (χ1v) is 10.3. The minimum absolute atomic E-state index is 0.164. The van der Waals surface area contributed by atoms with Gasteiger partial charge >= 0.3 is 0 Å². The summed E-state index contributed by atoms with van der Waals surface area (Å²) in [5.74, 6) is 2.39.